The Morgan fingerprint density at radius 3 is 2.62 bits per heavy atom. The Kier molecular flexibility index (Phi) is 4.04. The first-order valence-electron chi connectivity index (χ1n) is 7.81. The summed E-state index contributed by atoms with van der Waals surface area (Å²) >= 11 is 0. The number of tetrazole rings is 1. The van der Waals surface area contributed by atoms with Crippen molar-refractivity contribution in [1.82, 2.24) is 25.1 Å². The molecule has 0 aliphatic carbocycles. The fourth-order valence-electron chi connectivity index (χ4n) is 3.20. The highest BCUT2D eigenvalue weighted by molar-refractivity contribution is 5.98. The Balaban J connectivity index is 1.91. The molecule has 1 N–H and O–H groups in total. The number of rotatable bonds is 4. The van der Waals surface area contributed by atoms with Crippen LogP contribution in [0.25, 0.3) is 5.69 Å². The Morgan fingerprint density at radius 1 is 1.29 bits per heavy atom. The number of aliphatic carboxylic acids is 1. The molecule has 8 heteroatoms. The van der Waals surface area contributed by atoms with E-state index in [0.29, 0.717) is 24.2 Å². The molecule has 1 unspecified atom stereocenters. The van der Waals surface area contributed by atoms with Crippen molar-refractivity contribution < 1.29 is 14.7 Å². The lowest BCUT2D eigenvalue weighted by atomic mass is 9.76. The smallest absolute Gasteiger partial charge is 0.311 e. The summed E-state index contributed by atoms with van der Waals surface area (Å²) < 4.78 is 1.43. The van der Waals surface area contributed by atoms with Gasteiger partial charge in [0.05, 0.1) is 16.7 Å². The number of likely N-dealkylation sites (tertiary alicyclic amines) is 1. The van der Waals surface area contributed by atoms with E-state index in [9.17, 15) is 14.7 Å². The molecule has 0 radical (unpaired) electrons. The molecule has 2 aromatic rings. The van der Waals surface area contributed by atoms with Crippen LogP contribution in [0.3, 0.4) is 0 Å². The molecular weight excluding hydrogens is 310 g/mol. The van der Waals surface area contributed by atoms with Gasteiger partial charge in [-0.05, 0) is 34.9 Å². The third kappa shape index (κ3) is 2.53. The van der Waals surface area contributed by atoms with E-state index in [1.54, 1.807) is 29.2 Å². The predicted molar refractivity (Wildman–Crippen MR) is 84.6 cm³/mol. The average Bonchev–Trinajstić information content (AvgIpc) is 3.24. The molecule has 0 bridgehead atoms. The maximum atomic E-state index is 12.9. The highest BCUT2D eigenvalue weighted by atomic mass is 16.4. The van der Waals surface area contributed by atoms with Crippen molar-refractivity contribution in [3.63, 3.8) is 0 Å². The Bertz CT molecular complexity index is 759. The van der Waals surface area contributed by atoms with Gasteiger partial charge in [0.2, 0.25) is 0 Å². The standard InChI is InChI=1S/C16H19N5O3/c1-11(2)16(15(23)24)7-8-20(9-16)14(22)12-5-3-4-6-13(12)21-10-17-18-19-21/h3-6,10-11H,7-9H2,1-2H3,(H,23,24). The largest absolute Gasteiger partial charge is 0.481 e. The van der Waals surface area contributed by atoms with Crippen molar-refractivity contribution in [2.45, 2.75) is 20.3 Å². The molecule has 1 saturated heterocycles. The first-order chi connectivity index (χ1) is 11.5. The van der Waals surface area contributed by atoms with Crippen LogP contribution in [0.15, 0.2) is 30.6 Å². The summed E-state index contributed by atoms with van der Waals surface area (Å²) in [4.78, 5) is 26.3. The molecule has 0 saturated carbocycles. The van der Waals surface area contributed by atoms with Gasteiger partial charge in [-0.15, -0.1) is 5.10 Å². The van der Waals surface area contributed by atoms with Gasteiger partial charge in [-0.2, -0.15) is 4.68 Å². The molecule has 0 spiro atoms. The van der Waals surface area contributed by atoms with Crippen LogP contribution in [0.4, 0.5) is 0 Å². The second-order valence-corrected chi connectivity index (χ2v) is 6.36. The molecule has 1 aromatic heterocycles. The summed E-state index contributed by atoms with van der Waals surface area (Å²) in [6.45, 7) is 4.41. The third-order valence-corrected chi connectivity index (χ3v) is 4.85. The monoisotopic (exact) mass is 329 g/mol. The number of amides is 1. The topological polar surface area (TPSA) is 101 Å². The van der Waals surface area contributed by atoms with Crippen molar-refractivity contribution in [3.05, 3.63) is 36.2 Å². The van der Waals surface area contributed by atoms with Crippen molar-refractivity contribution in [1.29, 1.82) is 0 Å². The zero-order valence-electron chi connectivity index (χ0n) is 13.6. The van der Waals surface area contributed by atoms with E-state index >= 15 is 0 Å². The van der Waals surface area contributed by atoms with E-state index < -0.39 is 11.4 Å². The minimum atomic E-state index is -0.889. The fourth-order valence-corrected chi connectivity index (χ4v) is 3.20. The van der Waals surface area contributed by atoms with Crippen LogP contribution >= 0.6 is 0 Å². The van der Waals surface area contributed by atoms with E-state index in [1.807, 2.05) is 13.8 Å². The van der Waals surface area contributed by atoms with Crippen LogP contribution in [0.2, 0.25) is 0 Å². The van der Waals surface area contributed by atoms with Gasteiger partial charge in [-0.1, -0.05) is 26.0 Å². The molecular formula is C16H19N5O3. The Labute approximate surface area is 139 Å². The molecule has 126 valence electrons. The number of aromatic nitrogens is 4. The first-order valence-corrected chi connectivity index (χ1v) is 7.81. The Hall–Kier alpha value is -2.77. The summed E-state index contributed by atoms with van der Waals surface area (Å²) in [6, 6.07) is 7.03. The second kappa shape index (κ2) is 6.03. The minimum Gasteiger partial charge on any atom is -0.481 e. The predicted octanol–water partition coefficient (Wildman–Crippen LogP) is 1.24. The number of carbonyl (C=O) groups is 2. The highest BCUT2D eigenvalue weighted by Gasteiger charge is 2.48. The number of nitrogens with zero attached hydrogens (tertiary/aromatic N) is 5. The lowest BCUT2D eigenvalue weighted by Crippen LogP contribution is -2.40. The summed E-state index contributed by atoms with van der Waals surface area (Å²) in [7, 11) is 0. The number of benzene rings is 1. The quantitative estimate of drug-likeness (QED) is 0.905. The number of hydrogen-bond donors (Lipinski definition) is 1. The van der Waals surface area contributed by atoms with E-state index in [0.717, 1.165) is 0 Å². The van der Waals surface area contributed by atoms with Crippen LogP contribution in [0.1, 0.15) is 30.6 Å². The average molecular weight is 329 g/mol. The lowest BCUT2D eigenvalue weighted by Gasteiger charge is -2.28. The molecule has 1 atom stereocenters. The number of para-hydroxylation sites is 1. The highest BCUT2D eigenvalue weighted by Crippen LogP contribution is 2.38. The van der Waals surface area contributed by atoms with Crippen molar-refractivity contribution in [3.8, 4) is 5.69 Å². The molecule has 24 heavy (non-hydrogen) atoms. The van der Waals surface area contributed by atoms with E-state index in [4.69, 9.17) is 0 Å². The van der Waals surface area contributed by atoms with Crippen LogP contribution < -0.4 is 0 Å². The SMILES string of the molecule is CC(C)C1(C(=O)O)CCN(C(=O)c2ccccc2-n2cnnn2)C1. The normalized spacial score (nSPS) is 20.5. The van der Waals surface area contributed by atoms with Gasteiger partial charge in [0.15, 0.2) is 0 Å². The molecule has 1 aliphatic heterocycles. The number of carboxylic acids is 1. The summed E-state index contributed by atoms with van der Waals surface area (Å²) in [5, 5.41) is 20.7. The van der Waals surface area contributed by atoms with Crippen LogP contribution in [0, 0.1) is 11.3 Å². The number of carboxylic acid groups (broad SMARTS) is 1. The van der Waals surface area contributed by atoms with E-state index in [1.165, 1.54) is 11.0 Å². The summed E-state index contributed by atoms with van der Waals surface area (Å²) in [6.07, 6.45) is 1.88. The second-order valence-electron chi connectivity index (χ2n) is 6.36. The van der Waals surface area contributed by atoms with Gasteiger partial charge in [0.1, 0.15) is 6.33 Å². The maximum Gasteiger partial charge on any atom is 0.311 e. The van der Waals surface area contributed by atoms with Gasteiger partial charge in [0.25, 0.3) is 5.91 Å². The van der Waals surface area contributed by atoms with E-state index in [-0.39, 0.29) is 18.4 Å². The molecule has 1 aliphatic rings. The van der Waals surface area contributed by atoms with Gasteiger partial charge in [-0.3, -0.25) is 9.59 Å². The zero-order chi connectivity index (χ0) is 17.3. The molecule has 8 nitrogen and oxygen atoms in total. The van der Waals surface area contributed by atoms with Gasteiger partial charge >= 0.3 is 5.97 Å². The summed E-state index contributed by atoms with van der Waals surface area (Å²) in [5.41, 5.74) is 0.138. The van der Waals surface area contributed by atoms with Crippen LogP contribution in [0.5, 0.6) is 0 Å². The van der Waals surface area contributed by atoms with Gasteiger partial charge < -0.3 is 10.0 Å². The maximum absolute atomic E-state index is 12.9. The van der Waals surface area contributed by atoms with Gasteiger partial charge in [-0.25, -0.2) is 0 Å². The van der Waals surface area contributed by atoms with Crippen LogP contribution in [-0.4, -0.2) is 55.2 Å². The lowest BCUT2D eigenvalue weighted by molar-refractivity contribution is -0.150. The zero-order valence-corrected chi connectivity index (χ0v) is 13.6. The fraction of sp³-hybridized carbons (Fsp3) is 0.438. The van der Waals surface area contributed by atoms with Crippen molar-refractivity contribution in [2.75, 3.05) is 13.1 Å². The molecule has 2 heterocycles. The minimum absolute atomic E-state index is 0.0532. The van der Waals surface area contributed by atoms with Crippen molar-refractivity contribution in [2.24, 2.45) is 11.3 Å². The molecule has 1 fully saturated rings. The summed E-state index contributed by atoms with van der Waals surface area (Å²) in [5.74, 6) is -1.10. The first kappa shape index (κ1) is 16.1. The van der Waals surface area contributed by atoms with E-state index in [2.05, 4.69) is 15.5 Å². The molecule has 1 amide bonds. The third-order valence-electron chi connectivity index (χ3n) is 4.85. The van der Waals surface area contributed by atoms with Crippen LogP contribution in [-0.2, 0) is 4.79 Å². The molecule has 3 rings (SSSR count). The number of hydrogen-bond acceptors (Lipinski definition) is 5. The van der Waals surface area contributed by atoms with Crippen molar-refractivity contribution >= 4 is 11.9 Å². The number of carbonyl (C=O) groups excluding carboxylic acids is 1. The Morgan fingerprint density at radius 2 is 2.04 bits per heavy atom. The molecule has 1 aromatic carbocycles. The van der Waals surface area contributed by atoms with Gasteiger partial charge in [0, 0.05) is 13.1 Å².